The number of carbonyl (C=O) groups excluding carboxylic acids is 4. The fourth-order valence-electron chi connectivity index (χ4n) is 3.85. The number of piperazine rings is 1. The van der Waals surface area contributed by atoms with E-state index in [1.807, 2.05) is 13.8 Å². The summed E-state index contributed by atoms with van der Waals surface area (Å²) in [6.07, 6.45) is 1.03. The molecule has 2 N–H and O–H groups in total. The van der Waals surface area contributed by atoms with Crippen LogP contribution in [-0.4, -0.2) is 70.7 Å². The molecule has 0 radical (unpaired) electrons. The molecule has 3 atom stereocenters. The van der Waals surface area contributed by atoms with Crippen LogP contribution in [0, 0.1) is 0 Å². The lowest BCUT2D eigenvalue weighted by atomic mass is 9.99. The van der Waals surface area contributed by atoms with Crippen LogP contribution < -0.4 is 20.3 Å². The van der Waals surface area contributed by atoms with Gasteiger partial charge >= 0.3 is 18.1 Å². The van der Waals surface area contributed by atoms with Gasteiger partial charge in [0.2, 0.25) is 5.91 Å². The molecule has 180 valence electrons. The first-order valence-corrected chi connectivity index (χ1v) is 11.0. The number of hydrogen-bond acceptors (Lipinski definition) is 8. The van der Waals surface area contributed by atoms with Crippen molar-refractivity contribution in [1.29, 1.82) is 0 Å². The van der Waals surface area contributed by atoms with E-state index in [1.165, 1.54) is 23.2 Å². The minimum atomic E-state index is -0.647. The fourth-order valence-corrected chi connectivity index (χ4v) is 3.85. The molecule has 0 aliphatic carbocycles. The van der Waals surface area contributed by atoms with E-state index in [2.05, 4.69) is 15.6 Å². The SMILES string of the molecule is CC1CN(C(=O)OC(C)(C)C)C(CC(=O)Oc2ccc(N3CCC(=O)NC3=O)nc2)C(C)N1. The molecular weight excluding hydrogens is 430 g/mol. The number of urea groups is 1. The maximum atomic E-state index is 12.7. The van der Waals surface area contributed by atoms with Crippen LogP contribution in [0.2, 0.25) is 0 Å². The fraction of sp³-hybridized carbons (Fsp3) is 0.591. The van der Waals surface area contributed by atoms with Crippen molar-refractivity contribution in [2.75, 3.05) is 18.0 Å². The molecule has 0 saturated carbocycles. The first-order chi connectivity index (χ1) is 15.4. The molecule has 3 heterocycles. The lowest BCUT2D eigenvalue weighted by Crippen LogP contribution is -2.63. The van der Waals surface area contributed by atoms with Gasteiger partial charge in [-0.15, -0.1) is 0 Å². The number of anilines is 1. The Morgan fingerprint density at radius 2 is 1.94 bits per heavy atom. The molecular formula is C22H31N5O6. The maximum Gasteiger partial charge on any atom is 0.410 e. The Morgan fingerprint density at radius 1 is 1.21 bits per heavy atom. The molecule has 0 bridgehead atoms. The average molecular weight is 462 g/mol. The number of esters is 1. The molecule has 33 heavy (non-hydrogen) atoms. The highest BCUT2D eigenvalue weighted by atomic mass is 16.6. The number of imide groups is 1. The van der Waals surface area contributed by atoms with Gasteiger partial charge in [0, 0.05) is 31.6 Å². The number of aromatic nitrogens is 1. The third-order valence-electron chi connectivity index (χ3n) is 5.28. The molecule has 1 aromatic heterocycles. The van der Waals surface area contributed by atoms with E-state index in [1.54, 1.807) is 25.7 Å². The number of hydrogen-bond donors (Lipinski definition) is 2. The number of nitrogens with one attached hydrogen (secondary N) is 2. The molecule has 2 fully saturated rings. The van der Waals surface area contributed by atoms with E-state index in [9.17, 15) is 19.2 Å². The summed E-state index contributed by atoms with van der Waals surface area (Å²) in [5, 5.41) is 5.59. The largest absolute Gasteiger partial charge is 0.444 e. The zero-order chi connectivity index (χ0) is 24.3. The van der Waals surface area contributed by atoms with Gasteiger partial charge < -0.3 is 19.7 Å². The molecule has 11 heteroatoms. The van der Waals surface area contributed by atoms with E-state index in [4.69, 9.17) is 9.47 Å². The van der Waals surface area contributed by atoms with Gasteiger partial charge in [-0.3, -0.25) is 19.8 Å². The van der Waals surface area contributed by atoms with Crippen molar-refractivity contribution >= 4 is 29.8 Å². The standard InChI is InChI=1S/C22H31N5O6/c1-13-12-27(21(31)33-22(3,4)5)16(14(2)24-13)10-19(29)32-15-6-7-17(23-11-15)26-9-8-18(28)25-20(26)30/h6-7,11,13-14,16,24H,8-10,12H2,1-5H3,(H,25,28,30). The maximum absolute atomic E-state index is 12.7. The van der Waals surface area contributed by atoms with Gasteiger partial charge in [0.05, 0.1) is 18.7 Å². The number of carbonyl (C=O) groups is 4. The van der Waals surface area contributed by atoms with E-state index in [0.717, 1.165) is 0 Å². The summed E-state index contributed by atoms with van der Waals surface area (Å²) in [5.41, 5.74) is -0.647. The minimum absolute atomic E-state index is 0.0292. The van der Waals surface area contributed by atoms with E-state index < -0.39 is 29.7 Å². The molecule has 1 aromatic rings. The second-order valence-corrected chi connectivity index (χ2v) is 9.34. The molecule has 3 rings (SSSR count). The Bertz CT molecular complexity index is 913. The predicted molar refractivity (Wildman–Crippen MR) is 119 cm³/mol. The first-order valence-electron chi connectivity index (χ1n) is 11.0. The van der Waals surface area contributed by atoms with Crippen molar-refractivity contribution in [1.82, 2.24) is 20.5 Å². The van der Waals surface area contributed by atoms with Crippen molar-refractivity contribution in [3.05, 3.63) is 18.3 Å². The quantitative estimate of drug-likeness (QED) is 0.650. The van der Waals surface area contributed by atoms with E-state index >= 15 is 0 Å². The van der Waals surface area contributed by atoms with Crippen LogP contribution in [0.25, 0.3) is 0 Å². The Labute approximate surface area is 192 Å². The number of ether oxygens (including phenoxy) is 2. The summed E-state index contributed by atoms with van der Waals surface area (Å²) < 4.78 is 11.0. The van der Waals surface area contributed by atoms with Crippen molar-refractivity contribution in [3.8, 4) is 5.75 Å². The topological polar surface area (TPSA) is 130 Å². The van der Waals surface area contributed by atoms with Crippen molar-refractivity contribution in [2.24, 2.45) is 0 Å². The van der Waals surface area contributed by atoms with Gasteiger partial charge in [0.1, 0.15) is 17.2 Å². The average Bonchev–Trinajstić information content (AvgIpc) is 2.69. The molecule has 4 amide bonds. The number of rotatable bonds is 4. The van der Waals surface area contributed by atoms with Crippen molar-refractivity contribution in [2.45, 2.75) is 71.2 Å². The molecule has 0 spiro atoms. The summed E-state index contributed by atoms with van der Waals surface area (Å²) in [6.45, 7) is 9.90. The van der Waals surface area contributed by atoms with Gasteiger partial charge in [-0.05, 0) is 46.8 Å². The third-order valence-corrected chi connectivity index (χ3v) is 5.28. The summed E-state index contributed by atoms with van der Waals surface area (Å²) in [7, 11) is 0. The Hall–Kier alpha value is -3.21. The molecule has 2 aliphatic heterocycles. The second-order valence-electron chi connectivity index (χ2n) is 9.34. The molecule has 0 aromatic carbocycles. The van der Waals surface area contributed by atoms with Gasteiger partial charge in [-0.1, -0.05) is 0 Å². The van der Waals surface area contributed by atoms with Crippen LogP contribution in [0.5, 0.6) is 5.75 Å². The second kappa shape index (κ2) is 9.74. The van der Waals surface area contributed by atoms with Gasteiger partial charge in [0.15, 0.2) is 0 Å². The molecule has 11 nitrogen and oxygen atoms in total. The summed E-state index contributed by atoms with van der Waals surface area (Å²) >= 11 is 0. The van der Waals surface area contributed by atoms with Crippen LogP contribution >= 0.6 is 0 Å². The number of nitrogens with zero attached hydrogens (tertiary/aromatic N) is 3. The minimum Gasteiger partial charge on any atom is -0.444 e. The molecule has 3 unspecified atom stereocenters. The highest BCUT2D eigenvalue weighted by Gasteiger charge is 2.38. The summed E-state index contributed by atoms with van der Waals surface area (Å²) in [4.78, 5) is 55.7. The van der Waals surface area contributed by atoms with Crippen LogP contribution in [-0.2, 0) is 14.3 Å². The highest BCUT2D eigenvalue weighted by molar-refractivity contribution is 6.05. The summed E-state index contributed by atoms with van der Waals surface area (Å²) in [6, 6.07) is 2.00. The Balaban J connectivity index is 1.63. The zero-order valence-electron chi connectivity index (χ0n) is 19.6. The van der Waals surface area contributed by atoms with Gasteiger partial charge in [-0.25, -0.2) is 14.6 Å². The van der Waals surface area contributed by atoms with Crippen LogP contribution in [0.3, 0.4) is 0 Å². The lowest BCUT2D eigenvalue weighted by molar-refractivity contribution is -0.136. The summed E-state index contributed by atoms with van der Waals surface area (Å²) in [5.74, 6) is -0.295. The normalized spacial score (nSPS) is 23.7. The van der Waals surface area contributed by atoms with Gasteiger partial charge in [-0.2, -0.15) is 0 Å². The Morgan fingerprint density at radius 3 is 2.55 bits per heavy atom. The highest BCUT2D eigenvalue weighted by Crippen LogP contribution is 2.22. The smallest absolute Gasteiger partial charge is 0.410 e. The third kappa shape index (κ3) is 6.41. The zero-order valence-corrected chi connectivity index (χ0v) is 19.6. The lowest BCUT2D eigenvalue weighted by Gasteiger charge is -2.43. The monoisotopic (exact) mass is 461 g/mol. The van der Waals surface area contributed by atoms with E-state index in [0.29, 0.717) is 12.4 Å². The van der Waals surface area contributed by atoms with Crippen molar-refractivity contribution < 1.29 is 28.7 Å². The van der Waals surface area contributed by atoms with Crippen molar-refractivity contribution in [3.63, 3.8) is 0 Å². The Kier molecular flexibility index (Phi) is 7.21. The first kappa shape index (κ1) is 24.4. The number of pyridine rings is 1. The van der Waals surface area contributed by atoms with Crippen LogP contribution in [0.15, 0.2) is 18.3 Å². The van der Waals surface area contributed by atoms with Crippen LogP contribution in [0.1, 0.15) is 47.5 Å². The van der Waals surface area contributed by atoms with Crippen LogP contribution in [0.4, 0.5) is 15.4 Å². The molecule has 2 saturated heterocycles. The van der Waals surface area contributed by atoms with Gasteiger partial charge in [0.25, 0.3) is 0 Å². The number of amides is 4. The molecule has 2 aliphatic rings. The van der Waals surface area contributed by atoms with E-state index in [-0.39, 0.29) is 43.1 Å². The predicted octanol–water partition coefficient (Wildman–Crippen LogP) is 1.81.